The first-order valence-corrected chi connectivity index (χ1v) is 14.8. The van der Waals surface area contributed by atoms with E-state index in [9.17, 15) is 22.9 Å². The van der Waals surface area contributed by atoms with Crippen molar-refractivity contribution < 1.29 is 27.6 Å². The predicted molar refractivity (Wildman–Crippen MR) is 148 cm³/mol. The highest BCUT2D eigenvalue weighted by Gasteiger charge is 2.30. The number of hydrogen-bond donors (Lipinski definition) is 2. The Hall–Kier alpha value is -3.71. The monoisotopic (exact) mass is 582 g/mol. The van der Waals surface area contributed by atoms with Gasteiger partial charge in [0.15, 0.2) is 5.01 Å². The lowest BCUT2D eigenvalue weighted by atomic mass is 9.94. The van der Waals surface area contributed by atoms with Crippen LogP contribution in [0.3, 0.4) is 0 Å². The topological polar surface area (TPSA) is 114 Å². The Labute approximate surface area is 236 Å². The van der Waals surface area contributed by atoms with Crippen LogP contribution in [0.25, 0.3) is 11.1 Å². The van der Waals surface area contributed by atoms with Crippen molar-refractivity contribution in [3.8, 4) is 40.6 Å². The molecule has 3 heterocycles. The molecule has 0 unspecified atom stereocenters. The zero-order chi connectivity index (χ0) is 28.3. The fourth-order valence-electron chi connectivity index (χ4n) is 3.98. The van der Waals surface area contributed by atoms with Gasteiger partial charge in [0.2, 0.25) is 5.13 Å². The number of amides is 1. The van der Waals surface area contributed by atoms with Crippen molar-refractivity contribution >= 4 is 33.2 Å². The third-order valence-electron chi connectivity index (χ3n) is 6.42. The Morgan fingerprint density at radius 2 is 1.98 bits per heavy atom. The second kappa shape index (κ2) is 11.8. The van der Waals surface area contributed by atoms with E-state index in [1.807, 2.05) is 0 Å². The van der Waals surface area contributed by atoms with Crippen molar-refractivity contribution in [3.63, 3.8) is 0 Å². The minimum atomic E-state index is -2.84. The van der Waals surface area contributed by atoms with Crippen molar-refractivity contribution in [1.82, 2.24) is 15.2 Å². The van der Waals surface area contributed by atoms with E-state index in [2.05, 4.69) is 44.2 Å². The van der Waals surface area contributed by atoms with Gasteiger partial charge in [-0.25, -0.2) is 8.78 Å². The number of methoxy groups -OCH3 is 1. The van der Waals surface area contributed by atoms with Crippen molar-refractivity contribution in [2.45, 2.75) is 37.7 Å². The number of benzene rings is 1. The number of aliphatic hydroxyl groups is 1. The van der Waals surface area contributed by atoms with E-state index in [1.54, 1.807) is 12.1 Å². The van der Waals surface area contributed by atoms with Gasteiger partial charge < -0.3 is 9.84 Å². The van der Waals surface area contributed by atoms with Crippen LogP contribution in [-0.2, 0) is 10.8 Å². The molecule has 40 heavy (non-hydrogen) atoms. The summed E-state index contributed by atoms with van der Waals surface area (Å²) in [7, 11) is 0.407. The van der Waals surface area contributed by atoms with Crippen molar-refractivity contribution in [1.29, 1.82) is 0 Å². The summed E-state index contributed by atoms with van der Waals surface area (Å²) in [6, 6.07) is 5.87. The summed E-state index contributed by atoms with van der Waals surface area (Å²) in [5, 5.41) is 22.2. The van der Waals surface area contributed by atoms with E-state index < -0.39 is 34.4 Å². The van der Waals surface area contributed by atoms with Crippen molar-refractivity contribution in [3.05, 3.63) is 52.3 Å². The fraction of sp³-hybridized carbons (Fsp3) is 0.357. The molecule has 1 saturated carbocycles. The number of halogens is 2. The normalized spacial score (nSPS) is 20.2. The Kier molecular flexibility index (Phi) is 8.22. The van der Waals surface area contributed by atoms with Gasteiger partial charge in [0.05, 0.1) is 13.3 Å². The van der Waals surface area contributed by atoms with Crippen LogP contribution in [0.5, 0.6) is 5.75 Å². The average Bonchev–Trinajstić information content (AvgIpc) is 3.69. The Morgan fingerprint density at radius 3 is 2.67 bits per heavy atom. The van der Waals surface area contributed by atoms with E-state index in [0.29, 0.717) is 28.0 Å². The Bertz CT molecular complexity index is 1590. The maximum atomic E-state index is 13.6. The maximum Gasteiger partial charge on any atom is 0.280 e. The molecule has 1 saturated heterocycles. The molecule has 12 heteroatoms. The highest BCUT2D eigenvalue weighted by atomic mass is 32.2. The third kappa shape index (κ3) is 6.70. The number of hydrogen-bond acceptors (Lipinski definition) is 8. The van der Waals surface area contributed by atoms with Crippen LogP contribution >= 0.6 is 11.3 Å². The van der Waals surface area contributed by atoms with Crippen molar-refractivity contribution in [2.24, 2.45) is 5.92 Å². The summed E-state index contributed by atoms with van der Waals surface area (Å²) in [5.41, 5.74) is -0.659. The lowest BCUT2D eigenvalue weighted by Gasteiger charge is -2.26. The molecule has 0 bridgehead atoms. The standard InChI is InChI=1S/C28H24F2N4O4S2/c1-38-23-16-31-22(25(29)30)15-21(23)20-14-18(8-9-28(36)10-12-40(37)13-11-28)4-6-19(20)26(35)32-27-34-33-24(39-27)7-5-17-2-3-17/h4,6,14-17,25,36H,2-3,10-13H2,1H3,(H,32,34,35). The van der Waals surface area contributed by atoms with Crippen molar-refractivity contribution in [2.75, 3.05) is 23.9 Å². The Balaban J connectivity index is 1.51. The second-order valence-corrected chi connectivity index (χ2v) is 12.1. The van der Waals surface area contributed by atoms with Crippen LogP contribution in [0.15, 0.2) is 30.5 Å². The SMILES string of the molecule is COc1cnc(C(F)F)cc1-c1cc(C#CC2(O)CCS(=O)CC2)ccc1C(=O)Nc1nnc(C#CC2CC2)s1. The molecule has 0 spiro atoms. The number of rotatable bonds is 5. The molecular weight excluding hydrogens is 558 g/mol. The first kappa shape index (κ1) is 27.8. The molecule has 0 radical (unpaired) electrons. The smallest absolute Gasteiger partial charge is 0.280 e. The molecule has 1 amide bonds. The molecule has 3 aromatic rings. The van der Waals surface area contributed by atoms with Crippen LogP contribution in [0, 0.1) is 29.6 Å². The summed E-state index contributed by atoms with van der Waals surface area (Å²) in [4.78, 5) is 17.2. The van der Waals surface area contributed by atoms with Crippen LogP contribution in [0.2, 0.25) is 0 Å². The van der Waals surface area contributed by atoms with Gasteiger partial charge in [0.1, 0.15) is 17.0 Å². The molecule has 8 nitrogen and oxygen atoms in total. The van der Waals surface area contributed by atoms with Gasteiger partial charge in [-0.2, -0.15) is 0 Å². The van der Waals surface area contributed by atoms with Crippen LogP contribution < -0.4 is 10.1 Å². The molecule has 2 aromatic heterocycles. The molecule has 1 aliphatic carbocycles. The van der Waals surface area contributed by atoms with E-state index in [1.165, 1.54) is 25.4 Å². The largest absolute Gasteiger partial charge is 0.494 e. The molecule has 1 aliphatic heterocycles. The lowest BCUT2D eigenvalue weighted by Crippen LogP contribution is -2.35. The predicted octanol–water partition coefficient (Wildman–Crippen LogP) is 4.19. The van der Waals surface area contributed by atoms with E-state index >= 15 is 0 Å². The van der Waals surface area contributed by atoms with E-state index in [0.717, 1.165) is 24.2 Å². The molecule has 206 valence electrons. The average molecular weight is 583 g/mol. The van der Waals surface area contributed by atoms with Crippen LogP contribution in [0.1, 0.15) is 58.7 Å². The number of nitrogens with one attached hydrogen (secondary N) is 1. The molecule has 5 rings (SSSR count). The molecule has 1 aromatic carbocycles. The zero-order valence-electron chi connectivity index (χ0n) is 21.4. The summed E-state index contributed by atoms with van der Waals surface area (Å²) in [6.07, 6.45) is 1.05. The number of carbonyl (C=O) groups excluding carboxylic acids is 1. The fourth-order valence-corrected chi connectivity index (χ4v) is 5.92. The maximum absolute atomic E-state index is 13.6. The van der Waals surface area contributed by atoms with Gasteiger partial charge in [-0.15, -0.1) is 10.2 Å². The first-order valence-electron chi connectivity index (χ1n) is 12.5. The van der Waals surface area contributed by atoms with Gasteiger partial charge in [0, 0.05) is 44.9 Å². The summed E-state index contributed by atoms with van der Waals surface area (Å²) >= 11 is 1.13. The minimum Gasteiger partial charge on any atom is -0.494 e. The number of ether oxygens (including phenoxy) is 1. The van der Waals surface area contributed by atoms with E-state index in [-0.39, 0.29) is 40.4 Å². The lowest BCUT2D eigenvalue weighted by molar-refractivity contribution is 0.0917. The zero-order valence-corrected chi connectivity index (χ0v) is 23.0. The molecule has 2 fully saturated rings. The molecular formula is C28H24F2N4O4S2. The van der Waals surface area contributed by atoms with E-state index in [4.69, 9.17) is 4.74 Å². The minimum absolute atomic E-state index is 0.155. The van der Waals surface area contributed by atoms with Gasteiger partial charge in [-0.1, -0.05) is 29.1 Å². The van der Waals surface area contributed by atoms with Crippen LogP contribution in [0.4, 0.5) is 13.9 Å². The highest BCUT2D eigenvalue weighted by molar-refractivity contribution is 7.85. The van der Waals surface area contributed by atoms with Gasteiger partial charge in [-0.3, -0.25) is 19.3 Å². The Morgan fingerprint density at radius 1 is 1.20 bits per heavy atom. The number of carbonyl (C=O) groups is 1. The van der Waals surface area contributed by atoms with Gasteiger partial charge >= 0.3 is 0 Å². The molecule has 2 N–H and O–H groups in total. The number of nitrogens with zero attached hydrogens (tertiary/aromatic N) is 3. The number of alkyl halides is 2. The third-order valence-corrected chi connectivity index (χ3v) is 8.49. The molecule has 2 aliphatic rings. The summed E-state index contributed by atoms with van der Waals surface area (Å²) in [5.74, 6) is 12.6. The highest BCUT2D eigenvalue weighted by Crippen LogP contribution is 2.36. The number of aromatic nitrogens is 3. The summed E-state index contributed by atoms with van der Waals surface area (Å²) < 4.78 is 44.2. The van der Waals surface area contributed by atoms with Crippen LogP contribution in [-0.4, -0.2) is 54.6 Å². The number of pyridine rings is 1. The van der Waals surface area contributed by atoms with Gasteiger partial charge in [-0.05, 0) is 61.4 Å². The second-order valence-electron chi connectivity index (χ2n) is 9.41. The van der Waals surface area contributed by atoms with Gasteiger partial charge in [0.25, 0.3) is 12.3 Å². The quantitative estimate of drug-likeness (QED) is 0.434. The molecule has 0 atom stereocenters. The summed E-state index contributed by atoms with van der Waals surface area (Å²) in [6.45, 7) is 0. The first-order chi connectivity index (χ1) is 19.2. The number of anilines is 1.